The van der Waals surface area contributed by atoms with Crippen LogP contribution in [-0.2, 0) is 0 Å². The largest absolute Gasteiger partial charge is 0.423 e. The van der Waals surface area contributed by atoms with Gasteiger partial charge in [-0.25, -0.2) is 4.98 Å². The number of hydrogen-bond donors (Lipinski definition) is 2. The number of nitrogens with zero attached hydrogens (tertiary/aromatic N) is 3. The summed E-state index contributed by atoms with van der Waals surface area (Å²) in [6, 6.07) is 5.60. The molecule has 0 amide bonds. The van der Waals surface area contributed by atoms with Gasteiger partial charge in [-0.3, -0.25) is 0 Å². The lowest BCUT2D eigenvalue weighted by molar-refractivity contribution is 0.199. The number of piperidine rings is 1. The first-order valence-corrected chi connectivity index (χ1v) is 10.1. The van der Waals surface area contributed by atoms with Gasteiger partial charge in [0.15, 0.2) is 5.58 Å². The summed E-state index contributed by atoms with van der Waals surface area (Å²) in [4.78, 5) is 11.5. The van der Waals surface area contributed by atoms with Crippen LogP contribution < -0.4 is 10.2 Å². The predicted octanol–water partition coefficient (Wildman–Crippen LogP) is 3.34. The maximum atomic E-state index is 10.1. The molecule has 2 N–H and O–H groups in total. The van der Waals surface area contributed by atoms with Crippen LogP contribution in [0.3, 0.4) is 0 Å². The Morgan fingerprint density at radius 1 is 1.31 bits per heavy atom. The Morgan fingerprint density at radius 2 is 2.12 bits per heavy atom. The van der Waals surface area contributed by atoms with E-state index in [2.05, 4.69) is 15.2 Å². The van der Waals surface area contributed by atoms with E-state index in [4.69, 9.17) is 9.40 Å². The summed E-state index contributed by atoms with van der Waals surface area (Å²) in [5, 5.41) is 16.6. The van der Waals surface area contributed by atoms with Crippen LogP contribution in [0.2, 0.25) is 0 Å². The fraction of sp³-hybridized carbons (Fsp3) is 0.474. The molecule has 26 heavy (non-hydrogen) atoms. The van der Waals surface area contributed by atoms with Gasteiger partial charge in [-0.2, -0.15) is 4.98 Å². The van der Waals surface area contributed by atoms with E-state index in [-0.39, 0.29) is 0 Å². The average molecular weight is 370 g/mol. The third kappa shape index (κ3) is 2.80. The quantitative estimate of drug-likeness (QED) is 0.737. The van der Waals surface area contributed by atoms with Gasteiger partial charge < -0.3 is 19.7 Å². The van der Waals surface area contributed by atoms with Gasteiger partial charge >= 0.3 is 0 Å². The second-order valence-electron chi connectivity index (χ2n) is 7.32. The summed E-state index contributed by atoms with van der Waals surface area (Å²) in [5.74, 6) is 0. The van der Waals surface area contributed by atoms with Gasteiger partial charge in [-0.05, 0) is 37.5 Å². The summed E-state index contributed by atoms with van der Waals surface area (Å²) in [7, 11) is 0. The molecular formula is C19H22N4O2S. The third-order valence-electron chi connectivity index (χ3n) is 5.37. The minimum atomic E-state index is -0.559. The fourth-order valence-electron chi connectivity index (χ4n) is 4.10. The Morgan fingerprint density at radius 3 is 2.81 bits per heavy atom. The minimum absolute atomic E-state index is 0.518. The Bertz CT molecular complexity index is 909. The van der Waals surface area contributed by atoms with Gasteiger partial charge in [0.1, 0.15) is 10.5 Å². The maximum Gasteiger partial charge on any atom is 0.298 e. The van der Waals surface area contributed by atoms with E-state index in [1.165, 1.54) is 19.3 Å². The van der Waals surface area contributed by atoms with Crippen LogP contribution in [0.15, 0.2) is 28.1 Å². The fourth-order valence-corrected chi connectivity index (χ4v) is 4.75. The Kier molecular flexibility index (Phi) is 3.95. The average Bonchev–Trinajstić information content (AvgIpc) is 3.30. The highest BCUT2D eigenvalue weighted by Crippen LogP contribution is 2.36. The molecule has 4 heterocycles. The van der Waals surface area contributed by atoms with E-state index in [1.54, 1.807) is 24.5 Å². The van der Waals surface area contributed by atoms with E-state index < -0.39 is 6.10 Å². The highest BCUT2D eigenvalue weighted by Gasteiger charge is 2.32. The lowest BCUT2D eigenvalue weighted by Crippen LogP contribution is -2.58. The van der Waals surface area contributed by atoms with Crippen LogP contribution in [-0.4, -0.2) is 40.2 Å². The summed E-state index contributed by atoms with van der Waals surface area (Å²) in [5.41, 5.74) is 3.28. The molecule has 3 atom stereocenters. The molecule has 0 radical (unpaired) electrons. The van der Waals surface area contributed by atoms with Gasteiger partial charge in [0.2, 0.25) is 0 Å². The number of anilines is 1. The number of oxazole rings is 1. The van der Waals surface area contributed by atoms with E-state index >= 15 is 0 Å². The highest BCUT2D eigenvalue weighted by atomic mass is 32.1. The van der Waals surface area contributed by atoms with Crippen LogP contribution in [0.25, 0.3) is 21.7 Å². The van der Waals surface area contributed by atoms with Crippen molar-refractivity contribution in [2.75, 3.05) is 18.0 Å². The van der Waals surface area contributed by atoms with Crippen molar-refractivity contribution in [1.82, 2.24) is 15.3 Å². The number of hydrogen-bond acceptors (Lipinski definition) is 7. The Labute approximate surface area is 155 Å². The number of nitrogens with one attached hydrogen (secondary N) is 1. The van der Waals surface area contributed by atoms with Crippen molar-refractivity contribution in [3.63, 3.8) is 0 Å². The highest BCUT2D eigenvalue weighted by molar-refractivity contribution is 7.13. The summed E-state index contributed by atoms with van der Waals surface area (Å²) >= 11 is 1.57. The summed E-state index contributed by atoms with van der Waals surface area (Å²) in [6.45, 7) is 3.63. The molecule has 2 bridgehead atoms. The van der Waals surface area contributed by atoms with Crippen LogP contribution in [0.1, 0.15) is 37.9 Å². The molecule has 3 aromatic rings. The van der Waals surface area contributed by atoms with Gasteiger partial charge in [-0.15, -0.1) is 11.3 Å². The molecule has 2 fully saturated rings. The van der Waals surface area contributed by atoms with Gasteiger partial charge in [-0.1, -0.05) is 6.42 Å². The zero-order valence-corrected chi connectivity index (χ0v) is 15.5. The number of aromatic nitrogens is 2. The van der Waals surface area contributed by atoms with Crippen LogP contribution in [0.4, 0.5) is 6.01 Å². The first-order valence-electron chi connectivity index (χ1n) is 9.21. The third-order valence-corrected chi connectivity index (χ3v) is 6.18. The number of benzene rings is 1. The van der Waals surface area contributed by atoms with E-state index in [0.717, 1.165) is 40.3 Å². The second-order valence-corrected chi connectivity index (χ2v) is 8.22. The topological polar surface area (TPSA) is 74.4 Å². The number of aliphatic hydroxyl groups excluding tert-OH is 1. The number of piperazine rings is 1. The molecule has 2 aliphatic heterocycles. The normalized spacial score (nSPS) is 24.2. The van der Waals surface area contributed by atoms with E-state index in [9.17, 15) is 5.11 Å². The lowest BCUT2D eigenvalue weighted by atomic mass is 9.94. The minimum Gasteiger partial charge on any atom is -0.423 e. The van der Waals surface area contributed by atoms with Gasteiger partial charge in [0, 0.05) is 36.8 Å². The Balaban J connectivity index is 1.59. The molecule has 1 aromatic carbocycles. The molecule has 0 aliphatic carbocycles. The molecule has 2 saturated heterocycles. The van der Waals surface area contributed by atoms with E-state index in [0.29, 0.717) is 18.1 Å². The Hall–Kier alpha value is -1.96. The van der Waals surface area contributed by atoms with E-state index in [1.807, 2.05) is 17.5 Å². The molecule has 7 heteroatoms. The first-order chi connectivity index (χ1) is 12.7. The zero-order valence-electron chi connectivity index (χ0n) is 14.7. The van der Waals surface area contributed by atoms with Gasteiger partial charge in [0.25, 0.3) is 6.01 Å². The maximum absolute atomic E-state index is 10.1. The van der Waals surface area contributed by atoms with Crippen molar-refractivity contribution < 1.29 is 9.52 Å². The first kappa shape index (κ1) is 16.2. The van der Waals surface area contributed by atoms with Crippen molar-refractivity contribution in [1.29, 1.82) is 0 Å². The molecule has 5 rings (SSSR count). The number of rotatable bonds is 3. The second kappa shape index (κ2) is 6.33. The molecule has 3 unspecified atom stereocenters. The van der Waals surface area contributed by atoms with Crippen molar-refractivity contribution >= 4 is 28.5 Å². The van der Waals surface area contributed by atoms with Crippen molar-refractivity contribution in [3.8, 4) is 10.6 Å². The summed E-state index contributed by atoms with van der Waals surface area (Å²) in [6.07, 6.45) is 4.95. The van der Waals surface area contributed by atoms with Crippen molar-refractivity contribution in [2.24, 2.45) is 0 Å². The number of aliphatic hydroxyl groups is 1. The number of thiazole rings is 1. The molecule has 6 nitrogen and oxygen atoms in total. The van der Waals surface area contributed by atoms with Gasteiger partial charge in [0.05, 0.1) is 11.7 Å². The molecule has 2 aromatic heterocycles. The zero-order chi connectivity index (χ0) is 17.7. The number of fused-ring (bicyclic) bond motifs is 3. The molecule has 0 spiro atoms. The smallest absolute Gasteiger partial charge is 0.298 e. The lowest BCUT2D eigenvalue weighted by Gasteiger charge is -2.41. The molecular weight excluding hydrogens is 348 g/mol. The van der Waals surface area contributed by atoms with Crippen molar-refractivity contribution in [2.45, 2.75) is 44.4 Å². The van der Waals surface area contributed by atoms with Crippen LogP contribution >= 0.6 is 11.3 Å². The van der Waals surface area contributed by atoms with Crippen molar-refractivity contribution in [3.05, 3.63) is 29.3 Å². The van der Waals surface area contributed by atoms with Crippen LogP contribution in [0, 0.1) is 0 Å². The monoisotopic (exact) mass is 370 g/mol. The molecule has 0 saturated carbocycles. The molecule has 136 valence electrons. The predicted molar refractivity (Wildman–Crippen MR) is 103 cm³/mol. The SMILES string of the molecule is CC(O)c1cc(-c2nccs2)c2oc(N3CC4CCCC(C3)N4)nc2c1. The van der Waals surface area contributed by atoms with Crippen LogP contribution in [0.5, 0.6) is 0 Å². The standard InChI is InChI=1S/C19H22N4O2S/c1-11(24)12-7-15(18-20-5-6-26-18)17-16(8-12)22-19(25-17)23-9-13-3-2-4-14(10-23)21-13/h5-8,11,13-14,21,24H,2-4,9-10H2,1H3. The summed E-state index contributed by atoms with van der Waals surface area (Å²) < 4.78 is 6.23. The molecule has 2 aliphatic rings.